The van der Waals surface area contributed by atoms with Gasteiger partial charge in [-0.15, -0.1) is 0 Å². The highest BCUT2D eigenvalue weighted by atomic mass is 16.5. The van der Waals surface area contributed by atoms with Crippen molar-refractivity contribution in [3.63, 3.8) is 0 Å². The molecule has 4 rings (SSSR count). The third-order valence-electron chi connectivity index (χ3n) is 6.36. The third-order valence-corrected chi connectivity index (χ3v) is 6.36. The van der Waals surface area contributed by atoms with E-state index >= 15 is 0 Å². The van der Waals surface area contributed by atoms with Gasteiger partial charge in [0.1, 0.15) is 17.1 Å². The van der Waals surface area contributed by atoms with Crippen LogP contribution in [0.2, 0.25) is 0 Å². The van der Waals surface area contributed by atoms with Crippen molar-refractivity contribution in [2.45, 2.75) is 58.9 Å². The number of hydrogen-bond donors (Lipinski definition) is 2. The molecule has 0 unspecified atom stereocenters. The van der Waals surface area contributed by atoms with Crippen LogP contribution >= 0.6 is 0 Å². The molecule has 2 aromatic carbocycles. The van der Waals surface area contributed by atoms with Crippen LogP contribution in [0.4, 0.5) is 0 Å². The van der Waals surface area contributed by atoms with Crippen LogP contribution in [0, 0.1) is 0 Å². The van der Waals surface area contributed by atoms with Gasteiger partial charge in [-0.1, -0.05) is 51.3 Å². The standard InChI is InChI=1S/C28H35N3O4/c1-4-7-11-17-35-22-15-14-19(18-23(22)34-6-3)27-24-25(20-12-9-10-13-21(20)32)29-30-26(24)28(33)31(27)16-8-5-2/h9-10,12-15,18,27,32H,4-8,11,16-17H2,1-3H3,(H,29,30)/t27-/m1/s1. The molecule has 1 aliphatic rings. The van der Waals surface area contributed by atoms with Crippen LogP contribution in [0.1, 0.15) is 80.5 Å². The number of phenols is 1. The number of aromatic amines is 1. The Bertz CT molecular complexity index is 1160. The van der Waals surface area contributed by atoms with Gasteiger partial charge in [-0.25, -0.2) is 0 Å². The molecule has 3 aromatic rings. The monoisotopic (exact) mass is 477 g/mol. The van der Waals surface area contributed by atoms with Crippen LogP contribution in [0.3, 0.4) is 0 Å². The predicted molar refractivity (Wildman–Crippen MR) is 136 cm³/mol. The van der Waals surface area contributed by atoms with E-state index in [-0.39, 0.29) is 17.7 Å². The van der Waals surface area contributed by atoms with Gasteiger partial charge in [0.15, 0.2) is 11.5 Å². The average molecular weight is 478 g/mol. The summed E-state index contributed by atoms with van der Waals surface area (Å²) in [5.74, 6) is 1.44. The van der Waals surface area contributed by atoms with E-state index in [1.54, 1.807) is 12.1 Å². The smallest absolute Gasteiger partial charge is 0.273 e. The normalized spacial score (nSPS) is 14.9. The van der Waals surface area contributed by atoms with Crippen LogP contribution in [-0.4, -0.2) is 45.9 Å². The van der Waals surface area contributed by atoms with Crippen molar-refractivity contribution >= 4 is 5.91 Å². The van der Waals surface area contributed by atoms with Gasteiger partial charge < -0.3 is 19.5 Å². The molecule has 0 bridgehead atoms. The summed E-state index contributed by atoms with van der Waals surface area (Å²) >= 11 is 0. The summed E-state index contributed by atoms with van der Waals surface area (Å²) in [4.78, 5) is 15.3. The number of ether oxygens (including phenoxy) is 2. The van der Waals surface area contributed by atoms with Gasteiger partial charge in [-0.2, -0.15) is 5.10 Å². The fourth-order valence-corrected chi connectivity index (χ4v) is 4.60. The summed E-state index contributed by atoms with van der Waals surface area (Å²) in [6, 6.07) is 12.7. The lowest BCUT2D eigenvalue weighted by Crippen LogP contribution is -2.30. The van der Waals surface area contributed by atoms with E-state index in [1.807, 2.05) is 42.2 Å². The van der Waals surface area contributed by atoms with E-state index in [4.69, 9.17) is 9.47 Å². The van der Waals surface area contributed by atoms with Crippen molar-refractivity contribution in [1.29, 1.82) is 0 Å². The van der Waals surface area contributed by atoms with Gasteiger partial charge in [-0.3, -0.25) is 9.89 Å². The zero-order chi connectivity index (χ0) is 24.8. The molecule has 35 heavy (non-hydrogen) atoms. The van der Waals surface area contributed by atoms with Crippen LogP contribution in [0.5, 0.6) is 17.2 Å². The number of carbonyl (C=O) groups is 1. The van der Waals surface area contributed by atoms with Crippen LogP contribution < -0.4 is 9.47 Å². The highest BCUT2D eigenvalue weighted by Gasteiger charge is 2.42. The van der Waals surface area contributed by atoms with E-state index in [2.05, 4.69) is 24.0 Å². The summed E-state index contributed by atoms with van der Waals surface area (Å²) in [5.41, 5.74) is 3.37. The first-order valence-electron chi connectivity index (χ1n) is 12.7. The molecule has 2 N–H and O–H groups in total. The number of fused-ring (bicyclic) bond motifs is 1. The molecule has 1 aliphatic heterocycles. The number of nitrogens with one attached hydrogen (secondary N) is 1. The predicted octanol–water partition coefficient (Wildman–Crippen LogP) is 6.10. The number of para-hydroxylation sites is 1. The van der Waals surface area contributed by atoms with E-state index in [0.29, 0.717) is 48.2 Å². The summed E-state index contributed by atoms with van der Waals surface area (Å²) in [6.07, 6.45) is 5.12. The number of phenolic OH excluding ortho intramolecular Hbond substituents is 1. The SMILES string of the molecule is CCCCCOc1ccc([C@@H]2c3c(-c4ccccc4O)n[nH]c3C(=O)N2CCCC)cc1OCC. The lowest BCUT2D eigenvalue weighted by atomic mass is 9.95. The molecule has 2 heterocycles. The molecule has 0 fully saturated rings. The van der Waals surface area contributed by atoms with Crippen molar-refractivity contribution in [3.05, 3.63) is 59.3 Å². The van der Waals surface area contributed by atoms with Crippen LogP contribution in [0.15, 0.2) is 42.5 Å². The minimum Gasteiger partial charge on any atom is -0.507 e. The Morgan fingerprint density at radius 3 is 2.54 bits per heavy atom. The Labute approximate surface area is 207 Å². The number of H-pyrrole nitrogens is 1. The zero-order valence-electron chi connectivity index (χ0n) is 20.8. The van der Waals surface area contributed by atoms with Crippen LogP contribution in [-0.2, 0) is 0 Å². The van der Waals surface area contributed by atoms with Gasteiger partial charge in [0, 0.05) is 17.7 Å². The minimum absolute atomic E-state index is 0.0783. The van der Waals surface area contributed by atoms with E-state index < -0.39 is 0 Å². The molecule has 7 nitrogen and oxygen atoms in total. The van der Waals surface area contributed by atoms with Crippen molar-refractivity contribution in [1.82, 2.24) is 15.1 Å². The Morgan fingerprint density at radius 2 is 1.80 bits per heavy atom. The van der Waals surface area contributed by atoms with Gasteiger partial charge >= 0.3 is 0 Å². The number of rotatable bonds is 12. The first-order valence-corrected chi connectivity index (χ1v) is 12.7. The second-order valence-corrected chi connectivity index (χ2v) is 8.83. The van der Waals surface area contributed by atoms with E-state index in [0.717, 1.165) is 43.2 Å². The Morgan fingerprint density at radius 1 is 1.00 bits per heavy atom. The quantitative estimate of drug-likeness (QED) is 0.308. The molecule has 1 atom stereocenters. The molecular weight excluding hydrogens is 442 g/mol. The van der Waals surface area contributed by atoms with Crippen LogP contribution in [0.25, 0.3) is 11.3 Å². The summed E-state index contributed by atoms with van der Waals surface area (Å²) in [6.45, 7) is 8.01. The van der Waals surface area contributed by atoms with Crippen molar-refractivity contribution < 1.29 is 19.4 Å². The van der Waals surface area contributed by atoms with Crippen molar-refractivity contribution in [2.24, 2.45) is 0 Å². The zero-order valence-corrected chi connectivity index (χ0v) is 20.8. The lowest BCUT2D eigenvalue weighted by Gasteiger charge is -2.27. The molecule has 186 valence electrons. The summed E-state index contributed by atoms with van der Waals surface area (Å²) < 4.78 is 12.0. The molecule has 1 aromatic heterocycles. The maximum Gasteiger partial charge on any atom is 0.273 e. The molecule has 0 radical (unpaired) electrons. The van der Waals surface area contributed by atoms with Crippen molar-refractivity contribution in [2.75, 3.05) is 19.8 Å². The maximum atomic E-state index is 13.4. The fourth-order valence-electron chi connectivity index (χ4n) is 4.60. The third kappa shape index (κ3) is 4.99. The highest BCUT2D eigenvalue weighted by Crippen LogP contribution is 2.46. The van der Waals surface area contributed by atoms with Gasteiger partial charge in [-0.05, 0) is 49.6 Å². The number of unbranched alkanes of at least 4 members (excludes halogenated alkanes) is 3. The van der Waals surface area contributed by atoms with E-state index in [1.165, 1.54) is 0 Å². The number of hydrogen-bond acceptors (Lipinski definition) is 5. The first-order chi connectivity index (χ1) is 17.1. The van der Waals surface area contributed by atoms with Crippen molar-refractivity contribution in [3.8, 4) is 28.5 Å². The summed E-state index contributed by atoms with van der Waals surface area (Å²) in [7, 11) is 0. The van der Waals surface area contributed by atoms with Gasteiger partial charge in [0.05, 0.1) is 19.3 Å². The number of carbonyl (C=O) groups excluding carboxylic acids is 1. The second-order valence-electron chi connectivity index (χ2n) is 8.83. The number of nitrogens with zero attached hydrogens (tertiary/aromatic N) is 2. The number of amides is 1. The largest absolute Gasteiger partial charge is 0.507 e. The number of benzene rings is 2. The fraction of sp³-hybridized carbons (Fsp3) is 0.429. The molecule has 1 amide bonds. The Balaban J connectivity index is 1.77. The first kappa shape index (κ1) is 24.6. The Hall–Kier alpha value is -3.48. The molecule has 7 heteroatoms. The molecule has 0 aliphatic carbocycles. The molecular formula is C28H35N3O4. The maximum absolute atomic E-state index is 13.4. The van der Waals surface area contributed by atoms with Gasteiger partial charge in [0.2, 0.25) is 0 Å². The Kier molecular flexibility index (Phi) is 7.95. The molecule has 0 saturated heterocycles. The number of aromatic hydroxyl groups is 1. The second kappa shape index (κ2) is 11.3. The van der Waals surface area contributed by atoms with E-state index in [9.17, 15) is 9.90 Å². The summed E-state index contributed by atoms with van der Waals surface area (Å²) in [5, 5.41) is 17.9. The lowest BCUT2D eigenvalue weighted by molar-refractivity contribution is 0.0741. The molecule has 0 saturated carbocycles. The van der Waals surface area contributed by atoms with Gasteiger partial charge in [0.25, 0.3) is 5.91 Å². The minimum atomic E-state index is -0.342. The topological polar surface area (TPSA) is 87.7 Å². The average Bonchev–Trinajstić information content (AvgIpc) is 3.40. The molecule has 0 spiro atoms. The highest BCUT2D eigenvalue weighted by molar-refractivity contribution is 6.00. The number of aromatic nitrogens is 2.